The van der Waals surface area contributed by atoms with E-state index in [4.69, 9.17) is 0 Å². The van der Waals surface area contributed by atoms with Crippen LogP contribution in [0.25, 0.3) is 10.9 Å². The summed E-state index contributed by atoms with van der Waals surface area (Å²) in [6.07, 6.45) is 0.374. The first-order chi connectivity index (χ1) is 8.99. The molecule has 0 aliphatic rings. The van der Waals surface area contributed by atoms with E-state index in [1.54, 1.807) is 25.1 Å². The summed E-state index contributed by atoms with van der Waals surface area (Å²) in [5.74, 6) is 0.530. The van der Waals surface area contributed by atoms with Crippen molar-refractivity contribution in [3.05, 3.63) is 40.4 Å². The Morgan fingerprint density at radius 2 is 2.05 bits per heavy atom. The van der Waals surface area contributed by atoms with Crippen LogP contribution >= 0.6 is 0 Å². The average molecular weight is 259 g/mol. The van der Waals surface area contributed by atoms with Gasteiger partial charge in [0.15, 0.2) is 0 Å². The van der Waals surface area contributed by atoms with Gasteiger partial charge in [0.2, 0.25) is 5.91 Å². The Morgan fingerprint density at radius 3 is 2.74 bits per heavy atom. The van der Waals surface area contributed by atoms with Crippen molar-refractivity contribution >= 4 is 16.8 Å². The summed E-state index contributed by atoms with van der Waals surface area (Å²) in [6, 6.07) is 7.09. The van der Waals surface area contributed by atoms with E-state index in [2.05, 4.69) is 10.4 Å². The van der Waals surface area contributed by atoms with Crippen molar-refractivity contribution in [2.45, 2.75) is 27.2 Å². The minimum Gasteiger partial charge on any atom is -0.273 e. The maximum atomic E-state index is 12.3. The van der Waals surface area contributed by atoms with Crippen molar-refractivity contribution in [3.8, 4) is 0 Å². The number of nitrogens with zero attached hydrogens (tertiary/aromatic N) is 2. The number of fused-ring (bicyclic) bond motifs is 1. The zero-order valence-corrected chi connectivity index (χ0v) is 11.3. The molecule has 5 nitrogen and oxygen atoms in total. The van der Waals surface area contributed by atoms with Gasteiger partial charge in [-0.15, -0.1) is 0 Å². The van der Waals surface area contributed by atoms with Crippen LogP contribution in [-0.4, -0.2) is 15.6 Å². The highest BCUT2D eigenvalue weighted by atomic mass is 16.2. The number of hydrogen-bond donors (Lipinski definition) is 1. The molecule has 0 aliphatic heterocycles. The van der Waals surface area contributed by atoms with Crippen LogP contribution in [-0.2, 0) is 4.79 Å². The maximum Gasteiger partial charge on any atom is 0.280 e. The van der Waals surface area contributed by atoms with E-state index in [1.165, 1.54) is 4.68 Å². The molecule has 0 radical (unpaired) electrons. The minimum atomic E-state index is -0.250. The van der Waals surface area contributed by atoms with Crippen LogP contribution in [0.2, 0.25) is 0 Å². The van der Waals surface area contributed by atoms with Crippen LogP contribution < -0.4 is 11.0 Å². The molecule has 2 aromatic rings. The molecule has 100 valence electrons. The number of rotatable bonds is 3. The van der Waals surface area contributed by atoms with E-state index in [-0.39, 0.29) is 17.4 Å². The molecule has 0 unspecified atom stereocenters. The molecule has 1 aromatic heterocycles. The molecule has 1 aromatic carbocycles. The number of carbonyl (C=O) groups is 1. The predicted octanol–water partition coefficient (Wildman–Crippen LogP) is 1.82. The molecule has 1 heterocycles. The maximum absolute atomic E-state index is 12.3. The lowest BCUT2D eigenvalue weighted by molar-refractivity contribution is -0.117. The molecule has 1 amide bonds. The average Bonchev–Trinajstić information content (AvgIpc) is 2.33. The molecular formula is C14H17N3O2. The quantitative estimate of drug-likeness (QED) is 0.914. The third-order valence-electron chi connectivity index (χ3n) is 2.77. The summed E-state index contributed by atoms with van der Waals surface area (Å²) < 4.78 is 1.22. The van der Waals surface area contributed by atoms with Crippen molar-refractivity contribution in [2.75, 3.05) is 5.43 Å². The molecule has 2 rings (SSSR count). The van der Waals surface area contributed by atoms with Crippen LogP contribution in [0.15, 0.2) is 29.1 Å². The van der Waals surface area contributed by atoms with Gasteiger partial charge in [-0.05, 0) is 25.0 Å². The Bertz CT molecular complexity index is 674. The first-order valence-corrected chi connectivity index (χ1v) is 6.27. The van der Waals surface area contributed by atoms with Gasteiger partial charge in [0, 0.05) is 6.42 Å². The largest absolute Gasteiger partial charge is 0.280 e. The van der Waals surface area contributed by atoms with Crippen molar-refractivity contribution < 1.29 is 4.79 Å². The summed E-state index contributed by atoms with van der Waals surface area (Å²) in [4.78, 5) is 28.4. The highest BCUT2D eigenvalue weighted by molar-refractivity contribution is 5.84. The SMILES string of the molecule is Cc1nc2ccccc2c(=O)n1NC(=O)CC(C)C. The molecule has 0 atom stereocenters. The minimum absolute atomic E-state index is 0.183. The number of carbonyl (C=O) groups excluding carboxylic acids is 1. The molecule has 19 heavy (non-hydrogen) atoms. The summed E-state index contributed by atoms with van der Waals surface area (Å²) >= 11 is 0. The van der Waals surface area contributed by atoms with Crippen molar-refractivity contribution in [2.24, 2.45) is 5.92 Å². The zero-order valence-electron chi connectivity index (χ0n) is 11.3. The Morgan fingerprint density at radius 1 is 1.37 bits per heavy atom. The molecule has 0 aliphatic carbocycles. The van der Waals surface area contributed by atoms with Gasteiger partial charge >= 0.3 is 0 Å². The second-order valence-electron chi connectivity index (χ2n) is 4.95. The highest BCUT2D eigenvalue weighted by Crippen LogP contribution is 2.07. The van der Waals surface area contributed by atoms with E-state index in [0.29, 0.717) is 23.1 Å². The summed E-state index contributed by atoms with van der Waals surface area (Å²) in [5, 5.41) is 0.498. The molecular weight excluding hydrogens is 242 g/mol. The number of aromatic nitrogens is 2. The zero-order chi connectivity index (χ0) is 14.0. The number of aryl methyl sites for hydroxylation is 1. The third kappa shape index (κ3) is 2.81. The molecule has 0 fully saturated rings. The van der Waals surface area contributed by atoms with E-state index in [0.717, 1.165) is 0 Å². The van der Waals surface area contributed by atoms with E-state index in [1.807, 2.05) is 19.9 Å². The van der Waals surface area contributed by atoms with E-state index >= 15 is 0 Å². The van der Waals surface area contributed by atoms with Gasteiger partial charge in [-0.25, -0.2) is 9.66 Å². The smallest absolute Gasteiger partial charge is 0.273 e. The lowest BCUT2D eigenvalue weighted by Gasteiger charge is -2.12. The number of nitrogens with one attached hydrogen (secondary N) is 1. The predicted molar refractivity (Wildman–Crippen MR) is 74.6 cm³/mol. The Labute approximate surface area is 111 Å². The molecule has 1 N–H and O–H groups in total. The van der Waals surface area contributed by atoms with Gasteiger partial charge in [-0.1, -0.05) is 26.0 Å². The fourth-order valence-corrected chi connectivity index (χ4v) is 1.92. The number of hydrogen-bond acceptors (Lipinski definition) is 3. The standard InChI is InChI=1S/C14H17N3O2/c1-9(2)8-13(18)16-17-10(3)15-12-7-5-4-6-11(12)14(17)19/h4-7,9H,8H2,1-3H3,(H,16,18). The normalized spacial score (nSPS) is 10.9. The first kappa shape index (κ1) is 13.3. The van der Waals surface area contributed by atoms with Crippen molar-refractivity contribution in [3.63, 3.8) is 0 Å². The monoisotopic (exact) mass is 259 g/mol. The third-order valence-corrected chi connectivity index (χ3v) is 2.77. The van der Waals surface area contributed by atoms with Gasteiger partial charge in [0.25, 0.3) is 5.56 Å². The van der Waals surface area contributed by atoms with Gasteiger partial charge in [0.1, 0.15) is 5.82 Å². The van der Waals surface area contributed by atoms with Crippen LogP contribution in [0.3, 0.4) is 0 Å². The number of para-hydroxylation sites is 1. The molecule has 0 saturated carbocycles. The first-order valence-electron chi connectivity index (χ1n) is 6.27. The Balaban J connectivity index is 2.44. The summed E-state index contributed by atoms with van der Waals surface area (Å²) in [7, 11) is 0. The molecule has 0 bridgehead atoms. The Hall–Kier alpha value is -2.17. The fraction of sp³-hybridized carbons (Fsp3) is 0.357. The fourth-order valence-electron chi connectivity index (χ4n) is 1.92. The molecule has 0 saturated heterocycles. The second-order valence-corrected chi connectivity index (χ2v) is 4.95. The lowest BCUT2D eigenvalue weighted by atomic mass is 10.1. The second kappa shape index (κ2) is 5.22. The van der Waals surface area contributed by atoms with Crippen molar-refractivity contribution in [1.29, 1.82) is 0 Å². The van der Waals surface area contributed by atoms with E-state index in [9.17, 15) is 9.59 Å². The van der Waals surface area contributed by atoms with E-state index < -0.39 is 0 Å². The van der Waals surface area contributed by atoms with Crippen molar-refractivity contribution in [1.82, 2.24) is 9.66 Å². The number of benzene rings is 1. The highest BCUT2D eigenvalue weighted by Gasteiger charge is 2.11. The lowest BCUT2D eigenvalue weighted by Crippen LogP contribution is -2.35. The van der Waals surface area contributed by atoms with Crippen LogP contribution in [0.5, 0.6) is 0 Å². The van der Waals surface area contributed by atoms with Gasteiger partial charge in [0.05, 0.1) is 10.9 Å². The molecule has 5 heteroatoms. The molecule has 0 spiro atoms. The number of amides is 1. The van der Waals surface area contributed by atoms with Gasteiger partial charge in [-0.2, -0.15) is 0 Å². The summed E-state index contributed by atoms with van der Waals surface area (Å²) in [6.45, 7) is 5.60. The van der Waals surface area contributed by atoms with Crippen LogP contribution in [0.4, 0.5) is 0 Å². The van der Waals surface area contributed by atoms with Crippen LogP contribution in [0, 0.1) is 12.8 Å². The van der Waals surface area contributed by atoms with Crippen LogP contribution in [0.1, 0.15) is 26.1 Å². The Kier molecular flexibility index (Phi) is 3.64. The van der Waals surface area contributed by atoms with Gasteiger partial charge < -0.3 is 0 Å². The summed E-state index contributed by atoms with van der Waals surface area (Å²) in [5.41, 5.74) is 2.99. The topological polar surface area (TPSA) is 64.0 Å². The van der Waals surface area contributed by atoms with Gasteiger partial charge in [-0.3, -0.25) is 15.0 Å².